The van der Waals surface area contributed by atoms with Crippen LogP contribution in [0.2, 0.25) is 5.02 Å². The summed E-state index contributed by atoms with van der Waals surface area (Å²) in [6.07, 6.45) is 4.51. The van der Waals surface area contributed by atoms with E-state index in [2.05, 4.69) is 31.1 Å². The molecule has 1 aromatic heterocycles. The highest BCUT2D eigenvalue weighted by atomic mass is 35.5. The molecule has 0 radical (unpaired) electrons. The fourth-order valence-corrected chi connectivity index (χ4v) is 2.04. The van der Waals surface area contributed by atoms with Crippen molar-refractivity contribution < 1.29 is 0 Å². The van der Waals surface area contributed by atoms with Crippen molar-refractivity contribution in [3.63, 3.8) is 0 Å². The van der Waals surface area contributed by atoms with Crippen molar-refractivity contribution in [3.8, 4) is 0 Å². The summed E-state index contributed by atoms with van der Waals surface area (Å²) in [4.78, 5) is 4.02. The second kappa shape index (κ2) is 5.65. The molecule has 2 nitrogen and oxygen atoms in total. The van der Waals surface area contributed by atoms with E-state index in [1.54, 1.807) is 12.4 Å². The summed E-state index contributed by atoms with van der Waals surface area (Å²) in [6.45, 7) is 7.80. The van der Waals surface area contributed by atoms with Gasteiger partial charge < -0.3 is 5.32 Å². The smallest absolute Gasteiger partial charge is 0.0621 e. The van der Waals surface area contributed by atoms with Gasteiger partial charge in [-0.15, -0.1) is 0 Å². The largest absolute Gasteiger partial charge is 0.319 e. The number of hydrogen-bond donors (Lipinski definition) is 1. The maximum Gasteiger partial charge on any atom is 0.0621 e. The molecule has 1 heterocycles. The van der Waals surface area contributed by atoms with Crippen molar-refractivity contribution in [3.05, 3.63) is 29.0 Å². The minimum Gasteiger partial charge on any atom is -0.319 e. The van der Waals surface area contributed by atoms with Gasteiger partial charge in [0.05, 0.1) is 5.02 Å². The molecule has 0 aliphatic heterocycles. The van der Waals surface area contributed by atoms with Crippen molar-refractivity contribution in [1.82, 2.24) is 10.3 Å². The number of nitrogens with zero attached hydrogens (tertiary/aromatic N) is 1. The summed E-state index contributed by atoms with van der Waals surface area (Å²) in [7, 11) is 1.99. The van der Waals surface area contributed by atoms with Crippen molar-refractivity contribution >= 4 is 11.6 Å². The van der Waals surface area contributed by atoms with Gasteiger partial charge in [0.2, 0.25) is 0 Å². The van der Waals surface area contributed by atoms with Crippen molar-refractivity contribution in [2.24, 2.45) is 11.3 Å². The monoisotopic (exact) mass is 240 g/mol. The maximum absolute atomic E-state index is 6.15. The van der Waals surface area contributed by atoms with Gasteiger partial charge in [0.25, 0.3) is 0 Å². The minimum atomic E-state index is 0.222. The van der Waals surface area contributed by atoms with Crippen LogP contribution in [0.1, 0.15) is 26.3 Å². The van der Waals surface area contributed by atoms with E-state index in [1.165, 1.54) is 5.56 Å². The van der Waals surface area contributed by atoms with E-state index in [0.717, 1.165) is 18.0 Å². The summed E-state index contributed by atoms with van der Waals surface area (Å²) in [5.74, 6) is 0.601. The van der Waals surface area contributed by atoms with Gasteiger partial charge in [-0.3, -0.25) is 4.98 Å². The minimum absolute atomic E-state index is 0.222. The Balaban J connectivity index is 2.88. The van der Waals surface area contributed by atoms with Crippen LogP contribution in [-0.4, -0.2) is 18.6 Å². The number of pyridine rings is 1. The van der Waals surface area contributed by atoms with Crippen molar-refractivity contribution in [1.29, 1.82) is 0 Å². The molecule has 1 unspecified atom stereocenters. The molecule has 1 N–H and O–H groups in total. The third-order valence-corrected chi connectivity index (χ3v) is 3.77. The molecule has 0 saturated carbocycles. The Hall–Kier alpha value is -0.600. The standard InChI is InChI=1S/C13H21ClN2/c1-10(2)13(3,9-15-4)7-11-5-6-16-8-12(11)14/h5-6,8,10,15H,7,9H2,1-4H3. The van der Waals surface area contributed by atoms with Crippen molar-refractivity contribution in [2.75, 3.05) is 13.6 Å². The molecule has 0 aliphatic carbocycles. The lowest BCUT2D eigenvalue weighted by Crippen LogP contribution is -2.36. The zero-order chi connectivity index (χ0) is 12.2. The molecular formula is C13H21ClN2. The fraction of sp³-hybridized carbons (Fsp3) is 0.615. The Morgan fingerprint density at radius 2 is 2.19 bits per heavy atom. The number of hydrogen-bond acceptors (Lipinski definition) is 2. The normalized spacial score (nSPS) is 15.1. The summed E-state index contributed by atoms with van der Waals surface area (Å²) in [6, 6.07) is 2.01. The third-order valence-electron chi connectivity index (χ3n) is 3.43. The lowest BCUT2D eigenvalue weighted by Gasteiger charge is -2.34. The predicted octanol–water partition coefficient (Wildman–Crippen LogP) is 3.16. The lowest BCUT2D eigenvalue weighted by atomic mass is 9.74. The third kappa shape index (κ3) is 3.19. The van der Waals surface area contributed by atoms with Crippen LogP contribution in [0.5, 0.6) is 0 Å². The molecule has 0 aromatic carbocycles. The summed E-state index contributed by atoms with van der Waals surface area (Å²) in [5.41, 5.74) is 1.41. The Bertz CT molecular complexity index is 338. The first kappa shape index (κ1) is 13.5. The van der Waals surface area contributed by atoms with Crippen molar-refractivity contribution in [2.45, 2.75) is 27.2 Å². The number of aromatic nitrogens is 1. The zero-order valence-electron chi connectivity index (χ0n) is 10.5. The zero-order valence-corrected chi connectivity index (χ0v) is 11.3. The SMILES string of the molecule is CNCC(C)(Cc1ccncc1Cl)C(C)C. The van der Waals surface area contributed by atoms with E-state index in [0.29, 0.717) is 5.92 Å². The first-order valence-electron chi connectivity index (χ1n) is 5.72. The molecule has 3 heteroatoms. The van der Waals surface area contributed by atoms with Crippen LogP contribution in [0.4, 0.5) is 0 Å². The quantitative estimate of drug-likeness (QED) is 0.855. The predicted molar refractivity (Wildman–Crippen MR) is 69.8 cm³/mol. The van der Waals surface area contributed by atoms with E-state index >= 15 is 0 Å². The number of rotatable bonds is 5. The molecule has 0 spiro atoms. The highest BCUT2D eigenvalue weighted by molar-refractivity contribution is 6.31. The molecule has 0 aliphatic rings. The average Bonchev–Trinajstić information content (AvgIpc) is 2.21. The molecule has 1 rings (SSSR count). The van der Waals surface area contributed by atoms with Gasteiger partial charge >= 0.3 is 0 Å². The highest BCUT2D eigenvalue weighted by Gasteiger charge is 2.28. The second-order valence-electron chi connectivity index (χ2n) is 4.98. The van der Waals surface area contributed by atoms with E-state index in [1.807, 2.05) is 13.1 Å². The van der Waals surface area contributed by atoms with Crippen LogP contribution < -0.4 is 5.32 Å². The van der Waals surface area contributed by atoms with Crippen LogP contribution in [0.25, 0.3) is 0 Å². The van der Waals surface area contributed by atoms with E-state index in [9.17, 15) is 0 Å². The van der Waals surface area contributed by atoms with Crippen LogP contribution in [0.3, 0.4) is 0 Å². The molecule has 0 fully saturated rings. The van der Waals surface area contributed by atoms with Gasteiger partial charge in [-0.1, -0.05) is 32.4 Å². The van der Waals surface area contributed by atoms with Gasteiger partial charge in [0.15, 0.2) is 0 Å². The van der Waals surface area contributed by atoms with Gasteiger partial charge in [-0.25, -0.2) is 0 Å². The maximum atomic E-state index is 6.15. The Kier molecular flexibility index (Phi) is 4.75. The second-order valence-corrected chi connectivity index (χ2v) is 5.39. The Morgan fingerprint density at radius 3 is 2.69 bits per heavy atom. The lowest BCUT2D eigenvalue weighted by molar-refractivity contribution is 0.212. The van der Waals surface area contributed by atoms with Gasteiger partial charge in [-0.2, -0.15) is 0 Å². The van der Waals surface area contributed by atoms with Crippen LogP contribution >= 0.6 is 11.6 Å². The van der Waals surface area contributed by atoms with Crippen LogP contribution in [-0.2, 0) is 6.42 Å². The number of nitrogens with one attached hydrogen (secondary N) is 1. The summed E-state index contributed by atoms with van der Waals surface area (Å²) in [5, 5.41) is 4.04. The van der Waals surface area contributed by atoms with Gasteiger partial charge in [0, 0.05) is 18.9 Å². The molecule has 0 amide bonds. The first-order valence-corrected chi connectivity index (χ1v) is 6.10. The molecule has 90 valence electrons. The molecule has 0 saturated heterocycles. The van der Waals surface area contributed by atoms with Gasteiger partial charge in [0.1, 0.15) is 0 Å². The summed E-state index contributed by atoms with van der Waals surface area (Å²) >= 11 is 6.15. The number of halogens is 1. The fourth-order valence-electron chi connectivity index (χ4n) is 1.86. The van der Waals surface area contributed by atoms with Crippen LogP contribution in [0.15, 0.2) is 18.5 Å². The molecular weight excluding hydrogens is 220 g/mol. The van der Waals surface area contributed by atoms with E-state index in [-0.39, 0.29) is 5.41 Å². The van der Waals surface area contributed by atoms with Gasteiger partial charge in [-0.05, 0) is 36.4 Å². The van der Waals surface area contributed by atoms with E-state index in [4.69, 9.17) is 11.6 Å². The van der Waals surface area contributed by atoms with E-state index < -0.39 is 0 Å². The Morgan fingerprint density at radius 1 is 1.50 bits per heavy atom. The van der Waals surface area contributed by atoms with Crippen LogP contribution in [0, 0.1) is 11.3 Å². The topological polar surface area (TPSA) is 24.9 Å². The average molecular weight is 241 g/mol. The first-order chi connectivity index (χ1) is 7.49. The molecule has 0 bridgehead atoms. The highest BCUT2D eigenvalue weighted by Crippen LogP contribution is 2.32. The molecule has 1 atom stereocenters. The summed E-state index contributed by atoms with van der Waals surface area (Å²) < 4.78 is 0. The molecule has 1 aromatic rings. The Labute approximate surface area is 103 Å². The molecule has 16 heavy (non-hydrogen) atoms.